The SMILES string of the molecule is COCCN(c1ccccc1)[C@H]1C[C@@H]2CCC(C)[C@@](O)(O2)C(=O)C(=O)N2CCCCC2C(=O)O[C@H]([C@H](C)C[C@@H]2CC[C@@H](OP(C)(C)=O)[C@H](OC)C2)CC[C@H](N)/C=C(\C)[C@@H](O)[C@@H](OC)C(=O)[C@H](C)C[C@H](C)/C=C/C=C/C=C/1C. The Hall–Kier alpha value is -3.83. The molecule has 15 atom stereocenters. The number of para-hydroxylation sites is 1. The molecule has 1 aromatic carbocycles. The maximum atomic E-state index is 14.7. The fourth-order valence-corrected chi connectivity index (χ4v) is 12.8. The van der Waals surface area contributed by atoms with E-state index in [0.717, 1.165) is 17.7 Å². The van der Waals surface area contributed by atoms with Crippen LogP contribution in [0.3, 0.4) is 0 Å². The van der Waals surface area contributed by atoms with Crippen molar-refractivity contribution in [1.82, 2.24) is 4.90 Å². The summed E-state index contributed by atoms with van der Waals surface area (Å²) in [7, 11) is 1.93. The lowest BCUT2D eigenvalue weighted by molar-refractivity contribution is -0.263. The minimum Gasteiger partial charge on any atom is -0.461 e. The molecule has 17 heteroatoms. The lowest BCUT2D eigenvalue weighted by Crippen LogP contribution is -2.61. The lowest BCUT2D eigenvalue weighted by Gasteiger charge is -2.44. The summed E-state index contributed by atoms with van der Waals surface area (Å²) in [6, 6.07) is 7.98. The normalized spacial score (nSPS) is 36.1. The van der Waals surface area contributed by atoms with Crippen LogP contribution in [0.25, 0.3) is 0 Å². The first-order valence-electron chi connectivity index (χ1n) is 28.2. The van der Waals surface area contributed by atoms with Gasteiger partial charge in [-0.2, -0.15) is 0 Å². The fourth-order valence-electron chi connectivity index (χ4n) is 11.9. The van der Waals surface area contributed by atoms with Crippen LogP contribution in [0, 0.1) is 29.6 Å². The predicted octanol–water partition coefficient (Wildman–Crippen LogP) is 8.76. The number of nitrogens with zero attached hydrogens (tertiary/aromatic N) is 2. The molecule has 2 saturated heterocycles. The summed E-state index contributed by atoms with van der Waals surface area (Å²) in [6.07, 6.45) is 14.1. The van der Waals surface area contributed by atoms with Crippen LogP contribution in [0.2, 0.25) is 0 Å². The number of benzene rings is 1. The zero-order valence-corrected chi connectivity index (χ0v) is 48.9. The van der Waals surface area contributed by atoms with Crippen molar-refractivity contribution >= 4 is 36.5 Å². The summed E-state index contributed by atoms with van der Waals surface area (Å²) >= 11 is 0. The first kappa shape index (κ1) is 64.0. The monoisotopic (exact) mass is 1100 g/mol. The average Bonchev–Trinajstić information content (AvgIpc) is 3.41. The number of hydrogen-bond donors (Lipinski definition) is 3. The van der Waals surface area contributed by atoms with Crippen LogP contribution >= 0.6 is 7.37 Å². The van der Waals surface area contributed by atoms with Gasteiger partial charge >= 0.3 is 5.97 Å². The lowest BCUT2D eigenvalue weighted by atomic mass is 9.78. The Labute approximate surface area is 460 Å². The van der Waals surface area contributed by atoms with Gasteiger partial charge in [-0.1, -0.05) is 87.9 Å². The first-order valence-corrected chi connectivity index (χ1v) is 30.8. The number of methoxy groups -OCH3 is 3. The van der Waals surface area contributed by atoms with Gasteiger partial charge in [0.05, 0.1) is 31.0 Å². The van der Waals surface area contributed by atoms with E-state index in [1.807, 2.05) is 88.4 Å². The molecule has 1 saturated carbocycles. The molecule has 5 rings (SSSR count). The Balaban J connectivity index is 1.51. The Bertz CT molecular complexity index is 2250. The van der Waals surface area contributed by atoms with Gasteiger partial charge in [0, 0.05) is 71.3 Å². The summed E-state index contributed by atoms with van der Waals surface area (Å²) in [5, 5.41) is 24.0. The van der Waals surface area contributed by atoms with Crippen molar-refractivity contribution in [3.63, 3.8) is 0 Å². The third-order valence-corrected chi connectivity index (χ3v) is 17.2. The van der Waals surface area contributed by atoms with Gasteiger partial charge in [0.25, 0.3) is 11.7 Å². The van der Waals surface area contributed by atoms with Crippen molar-refractivity contribution in [3.05, 3.63) is 77.9 Å². The molecule has 77 heavy (non-hydrogen) atoms. The number of hydrogen-bond acceptors (Lipinski definition) is 15. The quantitative estimate of drug-likeness (QED) is 0.0772. The number of piperidine rings is 1. The van der Waals surface area contributed by atoms with Gasteiger partial charge in [-0.05, 0) is 133 Å². The third kappa shape index (κ3) is 18.1. The summed E-state index contributed by atoms with van der Waals surface area (Å²) in [5.74, 6) is -6.57. The second kappa shape index (κ2) is 30.1. The van der Waals surface area contributed by atoms with Crippen molar-refractivity contribution in [1.29, 1.82) is 0 Å². The second-order valence-electron chi connectivity index (χ2n) is 23.0. The molecule has 4 N–H and O–H groups in total. The van der Waals surface area contributed by atoms with E-state index < -0.39 is 79.2 Å². The van der Waals surface area contributed by atoms with Crippen molar-refractivity contribution in [2.24, 2.45) is 35.3 Å². The van der Waals surface area contributed by atoms with Gasteiger partial charge in [0.2, 0.25) is 5.79 Å². The number of carbonyl (C=O) groups excluding carboxylic acids is 4. The number of carbonyl (C=O) groups is 4. The molecular formula is C60H94N3O13P. The number of esters is 1. The fraction of sp³-hybridized carbons (Fsp3) is 0.700. The number of aliphatic hydroxyl groups excluding tert-OH is 1. The number of anilines is 1. The number of ketones is 2. The molecule has 1 aliphatic carbocycles. The van der Waals surface area contributed by atoms with E-state index in [1.54, 1.807) is 47.5 Å². The largest absolute Gasteiger partial charge is 0.461 e. The van der Waals surface area contributed by atoms with Crippen molar-refractivity contribution in [2.75, 3.05) is 59.3 Å². The standard InChI is InChI=1S/C60H94N3O13P/c1-39-20-14-12-15-21-40(2)50(62(32-33-71-7)47-22-16-13-17-23-47)38-48-28-25-44(6)60(69,75-48)57(66)58(67)63-31-19-18-24-49(63)59(68)74-51(41(3)35-45-26-29-52(53(37-45)72-8)76-77(10,11)70)30-27-46(61)36-43(5)55(65)56(73-9)54(64)42(4)34-39/h12-17,20-23,36,39,41-42,44-46,48-53,55-56,65,69H,18-19,24-35,37-38,61H2,1-11H3/b15-12+,20-14+,40-21+,43-36+/t39-,41-,42-,44?,45+,46+,48+,49?,50+,51+,52-,53-,55-,56+,60-/m1/s1. The minimum absolute atomic E-state index is 0.0158. The zero-order valence-electron chi connectivity index (χ0n) is 48.1. The van der Waals surface area contributed by atoms with Gasteiger partial charge in [-0.15, -0.1) is 0 Å². The highest BCUT2D eigenvalue weighted by Gasteiger charge is 2.53. The first-order chi connectivity index (χ1) is 36.5. The number of Topliss-reactive ketones (excluding diaryl/α,β-unsaturated/α-hetero) is 2. The molecule has 0 aromatic heterocycles. The molecule has 1 aromatic rings. The number of nitrogens with two attached hydrogens (primary N) is 1. The predicted molar refractivity (Wildman–Crippen MR) is 301 cm³/mol. The smallest absolute Gasteiger partial charge is 0.329 e. The van der Waals surface area contributed by atoms with E-state index in [9.17, 15) is 34.0 Å². The Morgan fingerprint density at radius 1 is 0.870 bits per heavy atom. The Morgan fingerprint density at radius 3 is 2.27 bits per heavy atom. The number of amides is 1. The van der Waals surface area contributed by atoms with Crippen molar-refractivity contribution < 1.29 is 62.2 Å². The Morgan fingerprint density at radius 2 is 1.60 bits per heavy atom. The Kier molecular flexibility index (Phi) is 25.0. The van der Waals surface area contributed by atoms with Crippen LogP contribution in [0.4, 0.5) is 5.69 Å². The van der Waals surface area contributed by atoms with Gasteiger partial charge in [0.1, 0.15) is 24.4 Å². The molecule has 2 bridgehead atoms. The topological polar surface area (TPSA) is 214 Å². The highest BCUT2D eigenvalue weighted by atomic mass is 31.2. The van der Waals surface area contributed by atoms with Gasteiger partial charge in [-0.3, -0.25) is 18.9 Å². The van der Waals surface area contributed by atoms with Crippen LogP contribution in [0.15, 0.2) is 77.9 Å². The van der Waals surface area contributed by atoms with E-state index in [-0.39, 0.29) is 54.8 Å². The summed E-state index contributed by atoms with van der Waals surface area (Å²) in [5.41, 5.74) is 9.17. The molecule has 2 unspecified atom stereocenters. The van der Waals surface area contributed by atoms with Crippen LogP contribution < -0.4 is 10.6 Å². The zero-order chi connectivity index (χ0) is 56.6. The van der Waals surface area contributed by atoms with Crippen molar-refractivity contribution in [3.8, 4) is 0 Å². The molecule has 0 spiro atoms. The molecule has 0 radical (unpaired) electrons. The van der Waals surface area contributed by atoms with E-state index in [0.29, 0.717) is 89.4 Å². The number of rotatable bonds is 12. The maximum absolute atomic E-state index is 14.7. The number of aliphatic hydroxyl groups is 2. The van der Waals surface area contributed by atoms with Crippen LogP contribution in [-0.4, -0.2) is 153 Å². The third-order valence-electron chi connectivity index (χ3n) is 16.4. The van der Waals surface area contributed by atoms with Crippen molar-refractivity contribution in [2.45, 2.75) is 186 Å². The number of cyclic esters (lactones) is 1. The minimum atomic E-state index is -2.77. The maximum Gasteiger partial charge on any atom is 0.329 e. The number of ether oxygens (including phenoxy) is 5. The summed E-state index contributed by atoms with van der Waals surface area (Å²) < 4.78 is 48.7. The molecule has 3 heterocycles. The molecule has 4 aliphatic rings. The van der Waals surface area contributed by atoms with Gasteiger partial charge < -0.3 is 54.0 Å². The van der Waals surface area contributed by atoms with E-state index in [4.69, 9.17) is 33.9 Å². The van der Waals surface area contributed by atoms with E-state index in [1.165, 1.54) is 12.0 Å². The van der Waals surface area contributed by atoms with E-state index in [2.05, 4.69) is 4.90 Å². The molecule has 3 aliphatic heterocycles. The summed E-state index contributed by atoms with van der Waals surface area (Å²) in [4.78, 5) is 61.4. The average molecular weight is 1100 g/mol. The number of fused-ring (bicyclic) bond motifs is 3. The van der Waals surface area contributed by atoms with Gasteiger partial charge in [-0.25, -0.2) is 4.79 Å². The number of allylic oxidation sites excluding steroid dienone is 5. The molecular weight excluding hydrogens is 1000 g/mol. The van der Waals surface area contributed by atoms with Crippen LogP contribution in [0.5, 0.6) is 0 Å². The molecule has 16 nitrogen and oxygen atoms in total. The van der Waals surface area contributed by atoms with Crippen LogP contribution in [-0.2, 0) is 52.0 Å². The molecule has 432 valence electrons. The second-order valence-corrected chi connectivity index (χ2v) is 25.7. The molecule has 3 fully saturated rings. The van der Waals surface area contributed by atoms with Gasteiger partial charge in [0.15, 0.2) is 13.2 Å². The molecule has 1 amide bonds. The van der Waals surface area contributed by atoms with E-state index >= 15 is 0 Å². The van der Waals surface area contributed by atoms with Crippen LogP contribution in [0.1, 0.15) is 125 Å². The highest BCUT2D eigenvalue weighted by Crippen LogP contribution is 2.45. The summed E-state index contributed by atoms with van der Waals surface area (Å²) in [6.45, 7) is 15.7. The highest BCUT2D eigenvalue weighted by molar-refractivity contribution is 7.57.